The van der Waals surface area contributed by atoms with Crippen LogP contribution in [0.25, 0.3) is 10.9 Å². The summed E-state index contributed by atoms with van der Waals surface area (Å²) < 4.78 is 1.27. The van der Waals surface area contributed by atoms with Gasteiger partial charge in [-0.25, -0.2) is 4.98 Å². The molecule has 0 spiro atoms. The van der Waals surface area contributed by atoms with Gasteiger partial charge in [-0.05, 0) is 42.8 Å². The average molecular weight is 376 g/mol. The Hall–Kier alpha value is -2.37. The van der Waals surface area contributed by atoms with Crippen LogP contribution in [-0.2, 0) is 11.3 Å². The first-order chi connectivity index (χ1) is 11.9. The van der Waals surface area contributed by atoms with Crippen LogP contribution in [0.15, 0.2) is 53.6 Å². The lowest BCUT2D eigenvalue weighted by Gasteiger charge is -2.15. The van der Waals surface area contributed by atoms with Crippen molar-refractivity contribution in [3.05, 3.63) is 74.8 Å². The van der Waals surface area contributed by atoms with Gasteiger partial charge in [-0.3, -0.25) is 14.2 Å². The largest absolute Gasteiger partial charge is 0.348 e. The average Bonchev–Trinajstić information content (AvgIpc) is 2.58. The SMILES string of the molecule is C[C@@H](NC(=O)Cn1cnc2ccc(Cl)cc2c1=O)c1ccc(Cl)cc1. The maximum absolute atomic E-state index is 12.5. The summed E-state index contributed by atoms with van der Waals surface area (Å²) in [4.78, 5) is 28.9. The highest BCUT2D eigenvalue weighted by atomic mass is 35.5. The Balaban J connectivity index is 1.76. The van der Waals surface area contributed by atoms with Crippen molar-refractivity contribution < 1.29 is 4.79 Å². The van der Waals surface area contributed by atoms with E-state index in [0.29, 0.717) is 20.9 Å². The van der Waals surface area contributed by atoms with Crippen LogP contribution < -0.4 is 10.9 Å². The van der Waals surface area contributed by atoms with Gasteiger partial charge in [0.1, 0.15) is 6.54 Å². The Bertz CT molecular complexity index is 984. The lowest BCUT2D eigenvalue weighted by atomic mass is 10.1. The molecule has 0 bridgehead atoms. The van der Waals surface area contributed by atoms with Gasteiger partial charge in [0.25, 0.3) is 5.56 Å². The Morgan fingerprint density at radius 3 is 2.56 bits per heavy atom. The number of hydrogen-bond donors (Lipinski definition) is 1. The molecular weight excluding hydrogens is 361 g/mol. The normalized spacial score (nSPS) is 12.1. The van der Waals surface area contributed by atoms with Crippen molar-refractivity contribution >= 4 is 40.0 Å². The number of fused-ring (bicyclic) bond motifs is 1. The summed E-state index contributed by atoms with van der Waals surface area (Å²) in [6.45, 7) is 1.74. The van der Waals surface area contributed by atoms with Crippen LogP contribution in [0.1, 0.15) is 18.5 Å². The third-order valence-electron chi connectivity index (χ3n) is 3.85. The van der Waals surface area contributed by atoms with Crippen LogP contribution in [0.2, 0.25) is 10.0 Å². The topological polar surface area (TPSA) is 64.0 Å². The van der Waals surface area contributed by atoms with E-state index in [9.17, 15) is 9.59 Å². The number of rotatable bonds is 4. The summed E-state index contributed by atoms with van der Waals surface area (Å²) in [5.41, 5.74) is 1.16. The van der Waals surface area contributed by atoms with Crippen molar-refractivity contribution in [2.45, 2.75) is 19.5 Å². The second-order valence-electron chi connectivity index (χ2n) is 5.68. The van der Waals surface area contributed by atoms with E-state index in [-0.39, 0.29) is 24.1 Å². The predicted molar refractivity (Wildman–Crippen MR) is 99.0 cm³/mol. The highest BCUT2D eigenvalue weighted by Gasteiger charge is 2.12. The first-order valence-corrected chi connectivity index (χ1v) is 8.39. The summed E-state index contributed by atoms with van der Waals surface area (Å²) in [5, 5.41) is 4.32. The van der Waals surface area contributed by atoms with Gasteiger partial charge in [-0.1, -0.05) is 35.3 Å². The molecular formula is C18H15Cl2N3O2. The second-order valence-corrected chi connectivity index (χ2v) is 6.55. The third kappa shape index (κ3) is 4.00. The fourth-order valence-electron chi connectivity index (χ4n) is 2.52. The lowest BCUT2D eigenvalue weighted by Crippen LogP contribution is -2.34. The zero-order valence-corrected chi connectivity index (χ0v) is 14.9. The van der Waals surface area contributed by atoms with Gasteiger partial charge in [0.15, 0.2) is 0 Å². The van der Waals surface area contributed by atoms with Crippen molar-refractivity contribution in [1.29, 1.82) is 0 Å². The standard InChI is InChI=1S/C18H15Cl2N3O2/c1-11(12-2-4-13(19)5-3-12)22-17(24)9-23-10-21-16-7-6-14(20)8-15(16)18(23)25/h2-8,10-11H,9H2,1H3,(H,22,24)/t11-/m1/s1. The molecule has 5 nitrogen and oxygen atoms in total. The summed E-state index contributed by atoms with van der Waals surface area (Å²) >= 11 is 11.8. The predicted octanol–water partition coefficient (Wildman–Crippen LogP) is 3.58. The van der Waals surface area contributed by atoms with E-state index in [0.717, 1.165) is 5.56 Å². The van der Waals surface area contributed by atoms with E-state index in [1.165, 1.54) is 10.9 Å². The summed E-state index contributed by atoms with van der Waals surface area (Å²) in [7, 11) is 0. The molecule has 128 valence electrons. The van der Waals surface area contributed by atoms with Gasteiger partial charge in [-0.2, -0.15) is 0 Å². The molecule has 0 aliphatic carbocycles. The lowest BCUT2D eigenvalue weighted by molar-refractivity contribution is -0.122. The Kier molecular flexibility index (Phi) is 5.06. The number of carbonyl (C=O) groups is 1. The van der Waals surface area contributed by atoms with E-state index in [1.807, 2.05) is 19.1 Å². The molecule has 0 aliphatic heterocycles. The number of aromatic nitrogens is 2. The molecule has 7 heteroatoms. The van der Waals surface area contributed by atoms with Gasteiger partial charge >= 0.3 is 0 Å². The molecule has 1 atom stereocenters. The molecule has 0 saturated heterocycles. The zero-order valence-electron chi connectivity index (χ0n) is 13.4. The minimum atomic E-state index is -0.304. The monoisotopic (exact) mass is 375 g/mol. The minimum Gasteiger partial charge on any atom is -0.348 e. The number of amides is 1. The molecule has 1 heterocycles. The van der Waals surface area contributed by atoms with Crippen molar-refractivity contribution in [2.75, 3.05) is 0 Å². The van der Waals surface area contributed by atoms with Gasteiger partial charge in [0.2, 0.25) is 5.91 Å². The molecule has 1 N–H and O–H groups in total. The molecule has 0 saturated carbocycles. The molecule has 0 radical (unpaired) electrons. The molecule has 3 rings (SSSR count). The molecule has 1 aromatic heterocycles. The van der Waals surface area contributed by atoms with E-state index in [2.05, 4.69) is 10.3 Å². The molecule has 2 aromatic carbocycles. The maximum atomic E-state index is 12.5. The number of carbonyl (C=O) groups excluding carboxylic acids is 1. The number of hydrogen-bond acceptors (Lipinski definition) is 3. The Morgan fingerprint density at radius 2 is 1.84 bits per heavy atom. The molecule has 0 aliphatic rings. The van der Waals surface area contributed by atoms with Gasteiger partial charge in [-0.15, -0.1) is 0 Å². The van der Waals surface area contributed by atoms with Crippen molar-refractivity contribution in [2.24, 2.45) is 0 Å². The van der Waals surface area contributed by atoms with Crippen molar-refractivity contribution in [3.8, 4) is 0 Å². The number of benzene rings is 2. The smallest absolute Gasteiger partial charge is 0.261 e. The van der Waals surface area contributed by atoms with Crippen LogP contribution in [0.3, 0.4) is 0 Å². The first-order valence-electron chi connectivity index (χ1n) is 7.63. The van der Waals surface area contributed by atoms with Crippen molar-refractivity contribution in [3.63, 3.8) is 0 Å². The minimum absolute atomic E-state index is 0.119. The molecule has 3 aromatic rings. The third-order valence-corrected chi connectivity index (χ3v) is 4.33. The summed E-state index contributed by atoms with van der Waals surface area (Å²) in [5.74, 6) is -0.285. The van der Waals surface area contributed by atoms with Gasteiger partial charge in [0, 0.05) is 10.0 Å². The zero-order chi connectivity index (χ0) is 18.0. The highest BCUT2D eigenvalue weighted by Crippen LogP contribution is 2.16. The van der Waals surface area contributed by atoms with Crippen LogP contribution in [0, 0.1) is 0 Å². The van der Waals surface area contributed by atoms with E-state index >= 15 is 0 Å². The van der Waals surface area contributed by atoms with Crippen LogP contribution >= 0.6 is 23.2 Å². The van der Waals surface area contributed by atoms with Crippen LogP contribution in [0.4, 0.5) is 0 Å². The number of halogens is 2. The Labute approximate surface area is 154 Å². The first kappa shape index (κ1) is 17.5. The molecule has 1 amide bonds. The molecule has 0 unspecified atom stereocenters. The number of nitrogens with one attached hydrogen (secondary N) is 1. The van der Waals surface area contributed by atoms with E-state index in [4.69, 9.17) is 23.2 Å². The van der Waals surface area contributed by atoms with Gasteiger partial charge in [0.05, 0.1) is 23.3 Å². The van der Waals surface area contributed by atoms with Crippen LogP contribution in [0.5, 0.6) is 0 Å². The maximum Gasteiger partial charge on any atom is 0.261 e. The van der Waals surface area contributed by atoms with Gasteiger partial charge < -0.3 is 5.32 Å². The molecule has 25 heavy (non-hydrogen) atoms. The Morgan fingerprint density at radius 1 is 1.16 bits per heavy atom. The number of nitrogens with zero attached hydrogens (tertiary/aromatic N) is 2. The second kappa shape index (κ2) is 7.25. The van der Waals surface area contributed by atoms with E-state index < -0.39 is 0 Å². The fraction of sp³-hybridized carbons (Fsp3) is 0.167. The summed E-state index contributed by atoms with van der Waals surface area (Å²) in [6.07, 6.45) is 1.37. The fourth-order valence-corrected chi connectivity index (χ4v) is 2.82. The van der Waals surface area contributed by atoms with Crippen molar-refractivity contribution in [1.82, 2.24) is 14.9 Å². The highest BCUT2D eigenvalue weighted by molar-refractivity contribution is 6.31. The quantitative estimate of drug-likeness (QED) is 0.757. The summed E-state index contributed by atoms with van der Waals surface area (Å²) in [6, 6.07) is 11.9. The van der Waals surface area contributed by atoms with E-state index in [1.54, 1.807) is 30.3 Å². The molecule has 0 fully saturated rings. The van der Waals surface area contributed by atoms with Crippen LogP contribution in [-0.4, -0.2) is 15.5 Å².